The van der Waals surface area contributed by atoms with Gasteiger partial charge in [-0.1, -0.05) is 35.3 Å². The summed E-state index contributed by atoms with van der Waals surface area (Å²) in [7, 11) is 0. The Morgan fingerprint density at radius 2 is 1.73 bits per heavy atom. The second-order valence-electron chi connectivity index (χ2n) is 6.34. The monoisotopic (exact) mass is 402 g/mol. The van der Waals surface area contributed by atoms with Crippen LogP contribution in [0.3, 0.4) is 0 Å². The normalized spacial score (nSPS) is 13.3. The fraction of sp³-hybridized carbons (Fsp3) is 0.200. The second-order valence-corrected chi connectivity index (χ2v) is 8.07. The quantitative estimate of drug-likeness (QED) is 0.562. The fourth-order valence-electron chi connectivity index (χ4n) is 3.21. The van der Waals surface area contributed by atoms with E-state index in [0.717, 1.165) is 24.1 Å². The van der Waals surface area contributed by atoms with Gasteiger partial charge in [0.15, 0.2) is 5.13 Å². The van der Waals surface area contributed by atoms with Crippen LogP contribution >= 0.6 is 34.5 Å². The number of hydrogen-bond acceptors (Lipinski definition) is 3. The first-order valence-electron chi connectivity index (χ1n) is 8.43. The molecule has 26 heavy (non-hydrogen) atoms. The molecule has 0 bridgehead atoms. The Hall–Kier alpha value is -1.88. The van der Waals surface area contributed by atoms with Crippen molar-refractivity contribution in [2.75, 3.05) is 5.32 Å². The predicted molar refractivity (Wildman–Crippen MR) is 109 cm³/mol. The summed E-state index contributed by atoms with van der Waals surface area (Å²) in [6, 6.07) is 11.3. The summed E-state index contributed by atoms with van der Waals surface area (Å²) >= 11 is 13.3. The molecule has 0 aliphatic heterocycles. The Labute approximate surface area is 166 Å². The van der Waals surface area contributed by atoms with Crippen LogP contribution in [0.25, 0.3) is 11.3 Å². The molecule has 0 fully saturated rings. The average molecular weight is 403 g/mol. The van der Waals surface area contributed by atoms with Gasteiger partial charge in [0.1, 0.15) is 0 Å². The summed E-state index contributed by atoms with van der Waals surface area (Å²) in [6.45, 7) is 0. The summed E-state index contributed by atoms with van der Waals surface area (Å²) in [5.41, 5.74) is 5.24. The molecule has 2 aromatic carbocycles. The molecule has 1 heterocycles. The molecule has 1 aromatic heterocycles. The number of hydrogen-bond donors (Lipinski definition) is 1. The van der Waals surface area contributed by atoms with Crippen molar-refractivity contribution in [2.45, 2.75) is 25.7 Å². The molecule has 0 unspecified atom stereocenters. The Kier molecular flexibility index (Phi) is 4.98. The van der Waals surface area contributed by atoms with E-state index in [4.69, 9.17) is 23.2 Å². The number of fused-ring (bicyclic) bond motifs is 1. The summed E-state index contributed by atoms with van der Waals surface area (Å²) in [6.07, 6.45) is 4.81. The molecule has 6 heteroatoms. The highest BCUT2D eigenvalue weighted by Crippen LogP contribution is 2.30. The van der Waals surface area contributed by atoms with E-state index < -0.39 is 0 Å². The van der Waals surface area contributed by atoms with E-state index in [1.54, 1.807) is 18.2 Å². The van der Waals surface area contributed by atoms with Crippen molar-refractivity contribution >= 4 is 45.6 Å². The maximum absolute atomic E-state index is 12.4. The van der Waals surface area contributed by atoms with E-state index in [1.165, 1.54) is 35.3 Å². The van der Waals surface area contributed by atoms with Crippen molar-refractivity contribution in [3.63, 3.8) is 0 Å². The van der Waals surface area contributed by atoms with Crippen LogP contribution in [0.5, 0.6) is 0 Å². The highest BCUT2D eigenvalue weighted by molar-refractivity contribution is 7.14. The number of nitrogens with zero attached hydrogens (tertiary/aromatic N) is 1. The van der Waals surface area contributed by atoms with Crippen LogP contribution < -0.4 is 5.32 Å². The molecule has 3 aromatic rings. The van der Waals surface area contributed by atoms with E-state index in [1.807, 2.05) is 5.38 Å². The first-order chi connectivity index (χ1) is 12.6. The lowest BCUT2D eigenvalue weighted by atomic mass is 9.90. The van der Waals surface area contributed by atoms with E-state index in [9.17, 15) is 4.79 Å². The molecule has 1 aliphatic rings. The van der Waals surface area contributed by atoms with Gasteiger partial charge in [0.05, 0.1) is 5.69 Å². The van der Waals surface area contributed by atoms with Crippen molar-refractivity contribution in [3.05, 3.63) is 68.5 Å². The number of nitrogens with one attached hydrogen (secondary N) is 1. The van der Waals surface area contributed by atoms with E-state index in [0.29, 0.717) is 20.7 Å². The Balaban J connectivity index is 1.53. The number of aryl methyl sites for hydroxylation is 2. The molecule has 0 saturated carbocycles. The van der Waals surface area contributed by atoms with Gasteiger partial charge < -0.3 is 0 Å². The van der Waals surface area contributed by atoms with Gasteiger partial charge in [-0.25, -0.2) is 4.98 Å². The number of rotatable bonds is 3. The minimum Gasteiger partial charge on any atom is -0.298 e. The minimum absolute atomic E-state index is 0.277. The number of thiazole rings is 1. The van der Waals surface area contributed by atoms with Gasteiger partial charge in [-0.05, 0) is 61.1 Å². The van der Waals surface area contributed by atoms with Crippen LogP contribution in [0.1, 0.15) is 34.3 Å². The van der Waals surface area contributed by atoms with E-state index >= 15 is 0 Å². The van der Waals surface area contributed by atoms with Gasteiger partial charge >= 0.3 is 0 Å². The first kappa shape index (κ1) is 17.5. The molecule has 1 N–H and O–H groups in total. The largest absolute Gasteiger partial charge is 0.298 e. The van der Waals surface area contributed by atoms with Crippen LogP contribution in [0.4, 0.5) is 5.13 Å². The molecule has 0 saturated heterocycles. The summed E-state index contributed by atoms with van der Waals surface area (Å²) in [4.78, 5) is 17.0. The molecule has 4 rings (SSSR count). The SMILES string of the molecule is O=C(Nc1nc(-c2ccc3c(c2)CCCC3)cs1)c1cc(Cl)cc(Cl)c1. The second kappa shape index (κ2) is 7.39. The van der Waals surface area contributed by atoms with Gasteiger partial charge in [0.2, 0.25) is 0 Å². The highest BCUT2D eigenvalue weighted by Gasteiger charge is 2.14. The molecule has 3 nitrogen and oxygen atoms in total. The van der Waals surface area contributed by atoms with Crippen molar-refractivity contribution in [2.24, 2.45) is 0 Å². The van der Waals surface area contributed by atoms with Gasteiger partial charge in [-0.3, -0.25) is 10.1 Å². The predicted octanol–water partition coefficient (Wildman–Crippen LogP) is 6.25. The lowest BCUT2D eigenvalue weighted by molar-refractivity contribution is 0.102. The molecular weight excluding hydrogens is 387 g/mol. The van der Waals surface area contributed by atoms with Gasteiger partial charge in [-0.2, -0.15) is 0 Å². The molecule has 132 valence electrons. The Morgan fingerprint density at radius 3 is 2.50 bits per heavy atom. The zero-order valence-electron chi connectivity index (χ0n) is 13.9. The number of aromatic nitrogens is 1. The van der Waals surface area contributed by atoms with Crippen LogP contribution in [0, 0.1) is 0 Å². The third-order valence-corrected chi connectivity index (χ3v) is 5.69. The van der Waals surface area contributed by atoms with Gasteiger partial charge in [0.25, 0.3) is 5.91 Å². The number of amides is 1. The maximum atomic E-state index is 12.4. The highest BCUT2D eigenvalue weighted by atomic mass is 35.5. The lowest BCUT2D eigenvalue weighted by Crippen LogP contribution is -2.11. The number of anilines is 1. The number of benzene rings is 2. The molecule has 0 spiro atoms. The number of carbonyl (C=O) groups is 1. The van der Waals surface area contributed by atoms with Gasteiger partial charge in [-0.15, -0.1) is 11.3 Å². The van der Waals surface area contributed by atoms with E-state index in [2.05, 4.69) is 28.5 Å². The summed E-state index contributed by atoms with van der Waals surface area (Å²) < 4.78 is 0. The fourth-order valence-corrected chi connectivity index (χ4v) is 4.45. The average Bonchev–Trinajstić information content (AvgIpc) is 3.09. The van der Waals surface area contributed by atoms with Crippen molar-refractivity contribution in [3.8, 4) is 11.3 Å². The zero-order chi connectivity index (χ0) is 18.1. The summed E-state index contributed by atoms with van der Waals surface area (Å²) in [5.74, 6) is -0.277. The molecule has 1 aliphatic carbocycles. The van der Waals surface area contributed by atoms with Crippen molar-refractivity contribution in [1.29, 1.82) is 0 Å². The van der Waals surface area contributed by atoms with E-state index in [-0.39, 0.29) is 5.91 Å². The van der Waals surface area contributed by atoms with Crippen LogP contribution in [-0.4, -0.2) is 10.9 Å². The van der Waals surface area contributed by atoms with Crippen LogP contribution in [0.2, 0.25) is 10.0 Å². The van der Waals surface area contributed by atoms with Crippen molar-refractivity contribution in [1.82, 2.24) is 4.98 Å². The topological polar surface area (TPSA) is 42.0 Å². The molecule has 0 atom stereocenters. The standard InChI is InChI=1S/C20H16Cl2N2OS/c21-16-8-15(9-17(22)10-16)19(25)24-20-23-18(11-26-20)14-6-5-12-3-1-2-4-13(12)7-14/h5-11H,1-4H2,(H,23,24,25). The zero-order valence-corrected chi connectivity index (χ0v) is 16.2. The third-order valence-electron chi connectivity index (χ3n) is 4.49. The van der Waals surface area contributed by atoms with Crippen LogP contribution in [-0.2, 0) is 12.8 Å². The molecule has 1 amide bonds. The Bertz CT molecular complexity index is 963. The molecule has 0 radical (unpaired) electrons. The maximum Gasteiger partial charge on any atom is 0.257 e. The number of carbonyl (C=O) groups excluding carboxylic acids is 1. The van der Waals surface area contributed by atoms with Crippen molar-refractivity contribution < 1.29 is 4.79 Å². The molecular formula is C20H16Cl2N2OS. The first-order valence-corrected chi connectivity index (χ1v) is 10.1. The minimum atomic E-state index is -0.277. The third kappa shape index (κ3) is 3.78. The van der Waals surface area contributed by atoms with Gasteiger partial charge in [0, 0.05) is 26.6 Å². The van der Waals surface area contributed by atoms with Crippen LogP contribution in [0.15, 0.2) is 41.8 Å². The summed E-state index contributed by atoms with van der Waals surface area (Å²) in [5, 5.41) is 6.19. The number of halogens is 2. The Morgan fingerprint density at radius 1 is 1.00 bits per heavy atom. The lowest BCUT2D eigenvalue weighted by Gasteiger charge is -2.16. The smallest absolute Gasteiger partial charge is 0.257 e.